The monoisotopic (exact) mass is 293 g/mol. The Morgan fingerprint density at radius 2 is 1.95 bits per heavy atom. The van der Waals surface area contributed by atoms with E-state index >= 15 is 0 Å². The van der Waals surface area contributed by atoms with Gasteiger partial charge in [-0.15, -0.1) is 0 Å². The Balaban J connectivity index is 1.95. The standard InChI is InChI=1S/C14H19N3O2S/c1-20(18,19)11-6-7-12-13(8-11)17-14(16-12)9-2-4-10(15)5-3-9/h6-10H,2-5,15H2,1H3,(H,16,17). The van der Waals surface area contributed by atoms with Crippen LogP contribution in [-0.2, 0) is 9.84 Å². The van der Waals surface area contributed by atoms with Crippen LogP contribution in [0.1, 0.15) is 37.4 Å². The molecule has 0 spiro atoms. The maximum atomic E-state index is 11.6. The maximum Gasteiger partial charge on any atom is 0.175 e. The van der Waals surface area contributed by atoms with Crippen LogP contribution < -0.4 is 5.73 Å². The van der Waals surface area contributed by atoms with Crippen LogP contribution in [0.25, 0.3) is 11.0 Å². The zero-order valence-corrected chi connectivity index (χ0v) is 12.3. The molecule has 0 radical (unpaired) electrons. The van der Waals surface area contributed by atoms with E-state index in [2.05, 4.69) is 9.97 Å². The van der Waals surface area contributed by atoms with Gasteiger partial charge in [0.25, 0.3) is 0 Å². The fourth-order valence-corrected chi connectivity index (χ4v) is 3.47. The molecule has 0 amide bonds. The van der Waals surface area contributed by atoms with Crippen molar-refractivity contribution in [1.82, 2.24) is 9.97 Å². The van der Waals surface area contributed by atoms with Crippen molar-refractivity contribution >= 4 is 20.9 Å². The van der Waals surface area contributed by atoms with Crippen LogP contribution in [0.3, 0.4) is 0 Å². The highest BCUT2D eigenvalue weighted by Gasteiger charge is 2.22. The SMILES string of the molecule is CS(=O)(=O)c1ccc2nc(C3CCC(N)CC3)[nH]c2c1. The van der Waals surface area contributed by atoms with Gasteiger partial charge in [-0.3, -0.25) is 0 Å². The van der Waals surface area contributed by atoms with Crippen LogP contribution in [0.4, 0.5) is 0 Å². The summed E-state index contributed by atoms with van der Waals surface area (Å²) in [6.07, 6.45) is 5.35. The minimum Gasteiger partial charge on any atom is -0.342 e. The number of nitrogens with two attached hydrogens (primary N) is 1. The van der Waals surface area contributed by atoms with Crippen molar-refractivity contribution in [3.8, 4) is 0 Å². The van der Waals surface area contributed by atoms with Crippen molar-refractivity contribution in [2.24, 2.45) is 5.73 Å². The van der Waals surface area contributed by atoms with Crippen molar-refractivity contribution in [1.29, 1.82) is 0 Å². The smallest absolute Gasteiger partial charge is 0.175 e. The summed E-state index contributed by atoms with van der Waals surface area (Å²) in [5, 5.41) is 0. The van der Waals surface area contributed by atoms with Gasteiger partial charge in [-0.05, 0) is 43.9 Å². The number of hydrogen-bond acceptors (Lipinski definition) is 4. The molecule has 0 bridgehead atoms. The van der Waals surface area contributed by atoms with E-state index in [1.165, 1.54) is 6.26 Å². The molecule has 5 nitrogen and oxygen atoms in total. The van der Waals surface area contributed by atoms with E-state index in [1.54, 1.807) is 18.2 Å². The zero-order chi connectivity index (χ0) is 14.3. The van der Waals surface area contributed by atoms with Gasteiger partial charge in [0, 0.05) is 18.2 Å². The number of aromatic nitrogens is 2. The van der Waals surface area contributed by atoms with E-state index in [0.29, 0.717) is 16.9 Å². The first-order valence-corrected chi connectivity index (χ1v) is 8.78. The van der Waals surface area contributed by atoms with Gasteiger partial charge in [-0.2, -0.15) is 0 Å². The molecule has 0 unspecified atom stereocenters. The molecule has 20 heavy (non-hydrogen) atoms. The Kier molecular flexibility index (Phi) is 3.30. The molecule has 1 aliphatic carbocycles. The highest BCUT2D eigenvalue weighted by molar-refractivity contribution is 7.90. The average molecular weight is 293 g/mol. The van der Waals surface area contributed by atoms with E-state index in [-0.39, 0.29) is 0 Å². The second-order valence-corrected chi connectivity index (χ2v) is 7.70. The van der Waals surface area contributed by atoms with Crippen molar-refractivity contribution < 1.29 is 8.42 Å². The first kappa shape index (κ1) is 13.6. The number of benzene rings is 1. The summed E-state index contributed by atoms with van der Waals surface area (Å²) in [6.45, 7) is 0. The number of hydrogen-bond donors (Lipinski definition) is 2. The molecule has 1 fully saturated rings. The van der Waals surface area contributed by atoms with Crippen LogP contribution >= 0.6 is 0 Å². The lowest BCUT2D eigenvalue weighted by molar-refractivity contribution is 0.386. The van der Waals surface area contributed by atoms with Gasteiger partial charge in [0.15, 0.2) is 9.84 Å². The molecule has 3 N–H and O–H groups in total. The largest absolute Gasteiger partial charge is 0.342 e. The van der Waals surface area contributed by atoms with Gasteiger partial charge in [0.1, 0.15) is 5.82 Å². The minimum atomic E-state index is -3.18. The van der Waals surface area contributed by atoms with Crippen molar-refractivity contribution in [3.05, 3.63) is 24.0 Å². The van der Waals surface area contributed by atoms with Crippen LogP contribution in [0.15, 0.2) is 23.1 Å². The second kappa shape index (κ2) is 4.86. The summed E-state index contributed by atoms with van der Waals surface area (Å²) in [7, 11) is -3.18. The summed E-state index contributed by atoms with van der Waals surface area (Å²) in [5.74, 6) is 1.36. The number of aromatic amines is 1. The number of nitrogens with one attached hydrogen (secondary N) is 1. The number of imidazole rings is 1. The zero-order valence-electron chi connectivity index (χ0n) is 11.5. The van der Waals surface area contributed by atoms with Gasteiger partial charge in [-0.25, -0.2) is 13.4 Å². The molecular formula is C14H19N3O2S. The Hall–Kier alpha value is -1.40. The van der Waals surface area contributed by atoms with Crippen LogP contribution in [0.5, 0.6) is 0 Å². The molecule has 1 heterocycles. The van der Waals surface area contributed by atoms with Gasteiger partial charge in [0.2, 0.25) is 0 Å². The molecule has 0 aliphatic heterocycles. The van der Waals surface area contributed by atoms with Crippen molar-refractivity contribution in [2.45, 2.75) is 42.5 Å². The predicted octanol–water partition coefficient (Wildman–Crippen LogP) is 1.95. The average Bonchev–Trinajstić information content (AvgIpc) is 2.81. The fourth-order valence-electron chi connectivity index (χ4n) is 2.83. The van der Waals surface area contributed by atoms with Gasteiger partial charge in [0.05, 0.1) is 15.9 Å². The Bertz CT molecular complexity index is 728. The Morgan fingerprint density at radius 1 is 1.25 bits per heavy atom. The topological polar surface area (TPSA) is 88.8 Å². The lowest BCUT2D eigenvalue weighted by Crippen LogP contribution is -2.26. The third-order valence-corrected chi connectivity index (χ3v) is 5.17. The molecule has 3 rings (SSSR count). The fraction of sp³-hybridized carbons (Fsp3) is 0.500. The molecule has 2 aromatic rings. The molecule has 0 saturated heterocycles. The van der Waals surface area contributed by atoms with Crippen LogP contribution in [-0.4, -0.2) is 30.7 Å². The molecule has 1 aliphatic rings. The molecule has 108 valence electrons. The molecule has 1 aromatic heterocycles. The lowest BCUT2D eigenvalue weighted by Gasteiger charge is -2.24. The first-order chi connectivity index (χ1) is 9.43. The highest BCUT2D eigenvalue weighted by Crippen LogP contribution is 2.32. The predicted molar refractivity (Wildman–Crippen MR) is 78.4 cm³/mol. The normalized spacial score (nSPS) is 24.1. The summed E-state index contributed by atoms with van der Waals surface area (Å²) in [5.41, 5.74) is 7.53. The number of fused-ring (bicyclic) bond motifs is 1. The lowest BCUT2D eigenvalue weighted by atomic mass is 9.86. The summed E-state index contributed by atoms with van der Waals surface area (Å²) in [4.78, 5) is 8.19. The Morgan fingerprint density at radius 3 is 2.60 bits per heavy atom. The second-order valence-electron chi connectivity index (χ2n) is 5.68. The van der Waals surface area contributed by atoms with E-state index < -0.39 is 9.84 Å². The van der Waals surface area contributed by atoms with Crippen LogP contribution in [0.2, 0.25) is 0 Å². The van der Waals surface area contributed by atoms with E-state index in [9.17, 15) is 8.42 Å². The van der Waals surface area contributed by atoms with Gasteiger partial charge in [-0.1, -0.05) is 0 Å². The minimum absolute atomic E-state index is 0.312. The van der Waals surface area contributed by atoms with E-state index in [4.69, 9.17) is 5.73 Å². The molecular weight excluding hydrogens is 274 g/mol. The van der Waals surface area contributed by atoms with Crippen molar-refractivity contribution in [2.75, 3.05) is 6.26 Å². The third kappa shape index (κ3) is 2.58. The molecule has 1 aromatic carbocycles. The van der Waals surface area contributed by atoms with Gasteiger partial charge < -0.3 is 10.7 Å². The number of nitrogens with zero attached hydrogens (tertiary/aromatic N) is 1. The molecule has 6 heteroatoms. The highest BCUT2D eigenvalue weighted by atomic mass is 32.2. The summed E-state index contributed by atoms with van der Waals surface area (Å²) >= 11 is 0. The quantitative estimate of drug-likeness (QED) is 0.885. The Labute approximate surface area is 118 Å². The van der Waals surface area contributed by atoms with Crippen molar-refractivity contribution in [3.63, 3.8) is 0 Å². The summed E-state index contributed by atoms with van der Waals surface area (Å²) < 4.78 is 23.1. The number of rotatable bonds is 2. The van der Waals surface area contributed by atoms with Crippen LogP contribution in [0, 0.1) is 0 Å². The first-order valence-electron chi connectivity index (χ1n) is 6.89. The number of sulfone groups is 1. The maximum absolute atomic E-state index is 11.6. The van der Waals surface area contributed by atoms with Gasteiger partial charge >= 0.3 is 0 Å². The molecule has 1 saturated carbocycles. The third-order valence-electron chi connectivity index (χ3n) is 4.06. The molecule has 0 atom stereocenters. The van der Waals surface area contributed by atoms with E-state index in [1.807, 2.05) is 0 Å². The van der Waals surface area contributed by atoms with E-state index in [0.717, 1.165) is 42.5 Å². The number of H-pyrrole nitrogens is 1. The summed E-state index contributed by atoms with van der Waals surface area (Å²) in [6, 6.07) is 5.35.